The molecule has 5 rings (SSSR count). The second-order valence-corrected chi connectivity index (χ2v) is 9.87. The van der Waals surface area contributed by atoms with E-state index in [-0.39, 0.29) is 5.56 Å². The van der Waals surface area contributed by atoms with Gasteiger partial charge in [-0.15, -0.1) is 21.5 Å². The molecule has 0 bridgehead atoms. The van der Waals surface area contributed by atoms with Gasteiger partial charge in [0.1, 0.15) is 10.7 Å². The number of rotatable bonds is 6. The molecule has 0 fully saturated rings. The van der Waals surface area contributed by atoms with Crippen molar-refractivity contribution in [2.45, 2.75) is 17.0 Å². The summed E-state index contributed by atoms with van der Waals surface area (Å²) in [7, 11) is 0. The van der Waals surface area contributed by atoms with E-state index in [1.807, 2.05) is 66.9 Å². The first-order chi connectivity index (χ1) is 15.2. The minimum atomic E-state index is -0.111. The Hall–Kier alpha value is -3.01. The van der Waals surface area contributed by atoms with E-state index in [2.05, 4.69) is 25.5 Å². The van der Waals surface area contributed by atoms with Crippen LogP contribution in [0, 0.1) is 6.92 Å². The Kier molecular flexibility index (Phi) is 5.54. The van der Waals surface area contributed by atoms with Crippen molar-refractivity contribution < 1.29 is 0 Å². The summed E-state index contributed by atoms with van der Waals surface area (Å²) >= 11 is 4.47. The fourth-order valence-electron chi connectivity index (χ4n) is 3.17. The summed E-state index contributed by atoms with van der Waals surface area (Å²) in [4.78, 5) is 21.1. The van der Waals surface area contributed by atoms with E-state index in [1.165, 1.54) is 34.4 Å². The van der Waals surface area contributed by atoms with Crippen molar-refractivity contribution in [3.8, 4) is 11.1 Å². The number of benzene rings is 2. The van der Waals surface area contributed by atoms with Crippen LogP contribution in [0.25, 0.3) is 21.3 Å². The standard InChI is InChI=1S/C22H17N5OS3/c1-13-7-5-6-10-16(13)23-21-26-27-22(31-21)30-12-17-24-19(28)18-15(11-29-20(18)25-17)14-8-3-2-4-9-14/h2-11H,12H2,1H3,(H,23,26)(H,24,25,28). The molecule has 31 heavy (non-hydrogen) atoms. The Morgan fingerprint density at radius 1 is 1.06 bits per heavy atom. The average molecular weight is 464 g/mol. The van der Waals surface area contributed by atoms with Gasteiger partial charge in [0.2, 0.25) is 5.13 Å². The van der Waals surface area contributed by atoms with Gasteiger partial charge in [-0.25, -0.2) is 4.98 Å². The van der Waals surface area contributed by atoms with Crippen LogP contribution in [0.4, 0.5) is 10.8 Å². The quantitative estimate of drug-likeness (QED) is 0.308. The number of para-hydroxylation sites is 1. The maximum atomic E-state index is 12.8. The molecule has 0 spiro atoms. The van der Waals surface area contributed by atoms with Crippen LogP contribution < -0.4 is 10.9 Å². The molecule has 0 aliphatic carbocycles. The molecule has 0 aliphatic rings. The van der Waals surface area contributed by atoms with E-state index < -0.39 is 0 Å². The Morgan fingerprint density at radius 3 is 2.71 bits per heavy atom. The molecule has 2 aromatic carbocycles. The number of nitrogens with zero attached hydrogens (tertiary/aromatic N) is 3. The molecule has 6 nitrogen and oxygen atoms in total. The smallest absolute Gasteiger partial charge is 0.260 e. The van der Waals surface area contributed by atoms with E-state index in [9.17, 15) is 4.79 Å². The molecule has 3 aromatic heterocycles. The highest BCUT2D eigenvalue weighted by atomic mass is 32.2. The third kappa shape index (κ3) is 4.25. The number of fused-ring (bicyclic) bond motifs is 1. The van der Waals surface area contributed by atoms with Crippen LogP contribution in [0.15, 0.2) is 69.1 Å². The molecule has 0 unspecified atom stereocenters. The molecule has 154 valence electrons. The van der Waals surface area contributed by atoms with Crippen molar-refractivity contribution in [1.82, 2.24) is 20.2 Å². The fraction of sp³-hybridized carbons (Fsp3) is 0.0909. The van der Waals surface area contributed by atoms with Gasteiger partial charge in [0.15, 0.2) is 4.34 Å². The van der Waals surface area contributed by atoms with E-state index in [4.69, 9.17) is 0 Å². The van der Waals surface area contributed by atoms with Gasteiger partial charge < -0.3 is 10.3 Å². The predicted molar refractivity (Wildman–Crippen MR) is 130 cm³/mol. The van der Waals surface area contributed by atoms with Crippen LogP contribution in [-0.2, 0) is 5.75 Å². The molecule has 3 heterocycles. The van der Waals surface area contributed by atoms with E-state index >= 15 is 0 Å². The third-order valence-corrected chi connectivity index (χ3v) is 7.56. The first-order valence-corrected chi connectivity index (χ1v) is 12.2. The number of anilines is 2. The molecule has 5 aromatic rings. The predicted octanol–water partition coefficient (Wildman–Crippen LogP) is 5.85. The van der Waals surface area contributed by atoms with Crippen LogP contribution >= 0.6 is 34.4 Å². The number of aryl methyl sites for hydroxylation is 1. The van der Waals surface area contributed by atoms with Crippen molar-refractivity contribution in [1.29, 1.82) is 0 Å². The highest BCUT2D eigenvalue weighted by molar-refractivity contribution is 8.00. The number of thiophene rings is 1. The first-order valence-electron chi connectivity index (χ1n) is 9.52. The highest BCUT2D eigenvalue weighted by Crippen LogP contribution is 2.32. The number of aromatic nitrogens is 4. The lowest BCUT2D eigenvalue weighted by molar-refractivity contribution is 1.00. The van der Waals surface area contributed by atoms with Crippen molar-refractivity contribution in [3.63, 3.8) is 0 Å². The lowest BCUT2D eigenvalue weighted by Crippen LogP contribution is -2.10. The van der Waals surface area contributed by atoms with Crippen LogP contribution in [0.3, 0.4) is 0 Å². The lowest BCUT2D eigenvalue weighted by Gasteiger charge is -2.04. The van der Waals surface area contributed by atoms with Crippen LogP contribution in [0.5, 0.6) is 0 Å². The van der Waals surface area contributed by atoms with Gasteiger partial charge in [0.05, 0.1) is 11.1 Å². The van der Waals surface area contributed by atoms with E-state index in [0.29, 0.717) is 17.0 Å². The molecular formula is C22H17N5OS3. The summed E-state index contributed by atoms with van der Waals surface area (Å²) in [5, 5.41) is 15.1. The maximum Gasteiger partial charge on any atom is 0.260 e. The van der Waals surface area contributed by atoms with Gasteiger partial charge in [0, 0.05) is 16.6 Å². The minimum absolute atomic E-state index is 0.111. The summed E-state index contributed by atoms with van der Waals surface area (Å²) in [6, 6.07) is 18.0. The lowest BCUT2D eigenvalue weighted by atomic mass is 10.1. The zero-order chi connectivity index (χ0) is 21.2. The number of aromatic amines is 1. The molecule has 0 atom stereocenters. The summed E-state index contributed by atoms with van der Waals surface area (Å²) in [6.07, 6.45) is 0. The first kappa shape index (κ1) is 19.9. The number of hydrogen-bond donors (Lipinski definition) is 2. The molecule has 2 N–H and O–H groups in total. The van der Waals surface area contributed by atoms with Crippen LogP contribution in [0.1, 0.15) is 11.4 Å². The zero-order valence-electron chi connectivity index (χ0n) is 16.5. The summed E-state index contributed by atoms with van der Waals surface area (Å²) < 4.78 is 0.815. The Labute approximate surface area is 190 Å². The summed E-state index contributed by atoms with van der Waals surface area (Å²) in [5.41, 5.74) is 3.99. The number of H-pyrrole nitrogens is 1. The van der Waals surface area contributed by atoms with Crippen molar-refractivity contribution in [2.75, 3.05) is 5.32 Å². The monoisotopic (exact) mass is 463 g/mol. The highest BCUT2D eigenvalue weighted by Gasteiger charge is 2.14. The van der Waals surface area contributed by atoms with Gasteiger partial charge in [-0.05, 0) is 24.1 Å². The number of nitrogens with one attached hydrogen (secondary N) is 2. The molecule has 9 heteroatoms. The molecule has 0 amide bonds. The molecule has 0 radical (unpaired) electrons. The largest absolute Gasteiger partial charge is 0.330 e. The second-order valence-electron chi connectivity index (χ2n) is 6.81. The normalized spacial score (nSPS) is 11.1. The van der Waals surface area contributed by atoms with Gasteiger partial charge in [-0.3, -0.25) is 4.79 Å². The van der Waals surface area contributed by atoms with Crippen LogP contribution in [0.2, 0.25) is 0 Å². The van der Waals surface area contributed by atoms with Crippen molar-refractivity contribution in [3.05, 3.63) is 81.7 Å². The Bertz CT molecular complexity index is 1410. The molecule has 0 saturated heterocycles. The zero-order valence-corrected chi connectivity index (χ0v) is 18.9. The van der Waals surface area contributed by atoms with Crippen molar-refractivity contribution >= 4 is 55.5 Å². The molecular weight excluding hydrogens is 446 g/mol. The third-order valence-electron chi connectivity index (χ3n) is 4.70. The van der Waals surface area contributed by atoms with Gasteiger partial charge in [-0.1, -0.05) is 71.6 Å². The van der Waals surface area contributed by atoms with Crippen molar-refractivity contribution in [2.24, 2.45) is 0 Å². The minimum Gasteiger partial charge on any atom is -0.330 e. The molecule has 0 aliphatic heterocycles. The maximum absolute atomic E-state index is 12.8. The average Bonchev–Trinajstić information content (AvgIpc) is 3.42. The molecule has 0 saturated carbocycles. The second kappa shape index (κ2) is 8.62. The SMILES string of the molecule is Cc1ccccc1Nc1nnc(SCc2nc3scc(-c4ccccc4)c3c(=O)[nH]2)s1. The van der Waals surface area contributed by atoms with E-state index in [1.54, 1.807) is 0 Å². The topological polar surface area (TPSA) is 83.6 Å². The number of thioether (sulfide) groups is 1. The summed E-state index contributed by atoms with van der Waals surface area (Å²) in [6.45, 7) is 2.05. The number of hydrogen-bond acceptors (Lipinski definition) is 8. The van der Waals surface area contributed by atoms with Crippen LogP contribution in [-0.4, -0.2) is 20.2 Å². The Balaban J connectivity index is 1.32. The Morgan fingerprint density at radius 2 is 1.87 bits per heavy atom. The van der Waals surface area contributed by atoms with Gasteiger partial charge in [-0.2, -0.15) is 0 Å². The van der Waals surface area contributed by atoms with Gasteiger partial charge >= 0.3 is 0 Å². The van der Waals surface area contributed by atoms with E-state index in [0.717, 1.165) is 36.7 Å². The van der Waals surface area contributed by atoms with Gasteiger partial charge in [0.25, 0.3) is 5.56 Å². The summed E-state index contributed by atoms with van der Waals surface area (Å²) in [5.74, 6) is 1.15. The fourth-order valence-corrected chi connectivity index (χ4v) is 5.77.